The van der Waals surface area contributed by atoms with Crippen LogP contribution in [0, 0.1) is 23.7 Å². The summed E-state index contributed by atoms with van der Waals surface area (Å²) >= 11 is 0. The number of para-hydroxylation sites is 1. The van der Waals surface area contributed by atoms with Gasteiger partial charge in [0, 0.05) is 36.3 Å². The molecule has 1 aromatic carbocycles. The van der Waals surface area contributed by atoms with Crippen LogP contribution in [0.3, 0.4) is 0 Å². The van der Waals surface area contributed by atoms with Crippen molar-refractivity contribution in [1.82, 2.24) is 9.47 Å². The van der Waals surface area contributed by atoms with Crippen LogP contribution in [0.5, 0.6) is 0 Å². The normalized spacial score (nSPS) is 27.5. The first-order chi connectivity index (χ1) is 19.7. The number of fused-ring (bicyclic) bond motifs is 6. The molecule has 2 aliphatic heterocycles. The lowest BCUT2D eigenvalue weighted by Crippen LogP contribution is -2.46. The van der Waals surface area contributed by atoms with Gasteiger partial charge in [-0.1, -0.05) is 45.4 Å². The summed E-state index contributed by atoms with van der Waals surface area (Å²) in [5.74, 6) is 0.0688. The molecule has 5 rings (SSSR count). The third kappa shape index (κ3) is 5.92. The molecule has 0 radical (unpaired) electrons. The van der Waals surface area contributed by atoms with Gasteiger partial charge in [-0.05, 0) is 66.2 Å². The second kappa shape index (κ2) is 12.1. The Morgan fingerprint density at radius 1 is 1.12 bits per heavy atom. The first kappa shape index (κ1) is 29.0. The summed E-state index contributed by atoms with van der Waals surface area (Å²) in [5.41, 5.74) is 2.86. The van der Waals surface area contributed by atoms with Gasteiger partial charge in [0.1, 0.15) is 18.8 Å². The van der Waals surface area contributed by atoms with Crippen molar-refractivity contribution >= 4 is 28.8 Å². The van der Waals surface area contributed by atoms with E-state index in [9.17, 15) is 14.4 Å². The Morgan fingerprint density at radius 2 is 1.90 bits per heavy atom. The summed E-state index contributed by atoms with van der Waals surface area (Å²) in [7, 11) is 1.35. The predicted molar refractivity (Wildman–Crippen MR) is 156 cm³/mol. The molecule has 41 heavy (non-hydrogen) atoms. The van der Waals surface area contributed by atoms with Gasteiger partial charge >= 0.3 is 17.9 Å². The van der Waals surface area contributed by atoms with E-state index in [-0.39, 0.29) is 36.6 Å². The Hall–Kier alpha value is -3.55. The van der Waals surface area contributed by atoms with Gasteiger partial charge in [0.15, 0.2) is 0 Å². The molecule has 3 aliphatic rings. The number of nitrogens with zero attached hydrogens (tertiary/aromatic N) is 2. The molecule has 8 heteroatoms. The summed E-state index contributed by atoms with van der Waals surface area (Å²) in [5, 5.41) is 1.06. The van der Waals surface area contributed by atoms with E-state index in [1.54, 1.807) is 6.08 Å². The number of rotatable bonds is 8. The van der Waals surface area contributed by atoms with Crippen molar-refractivity contribution in [1.29, 1.82) is 0 Å². The van der Waals surface area contributed by atoms with E-state index in [0.717, 1.165) is 41.4 Å². The third-order valence-electron chi connectivity index (χ3n) is 9.14. The summed E-state index contributed by atoms with van der Waals surface area (Å²) in [4.78, 5) is 40.1. The van der Waals surface area contributed by atoms with E-state index < -0.39 is 12.0 Å². The van der Waals surface area contributed by atoms with Gasteiger partial charge in [-0.3, -0.25) is 4.79 Å². The zero-order valence-corrected chi connectivity index (χ0v) is 24.7. The second-order valence-electron chi connectivity index (χ2n) is 12.2. The van der Waals surface area contributed by atoms with Crippen molar-refractivity contribution in [2.75, 3.05) is 20.3 Å². The summed E-state index contributed by atoms with van der Waals surface area (Å²) < 4.78 is 18.8. The summed E-state index contributed by atoms with van der Waals surface area (Å²) in [6.07, 6.45) is 8.81. The average molecular weight is 563 g/mol. The molecule has 1 fully saturated rings. The van der Waals surface area contributed by atoms with Gasteiger partial charge in [-0.25, -0.2) is 9.59 Å². The molecule has 3 heterocycles. The van der Waals surface area contributed by atoms with Crippen LogP contribution in [-0.4, -0.2) is 53.7 Å². The molecular weight excluding hydrogens is 520 g/mol. The second-order valence-corrected chi connectivity index (χ2v) is 12.2. The van der Waals surface area contributed by atoms with Crippen LogP contribution in [0.1, 0.15) is 71.2 Å². The summed E-state index contributed by atoms with van der Waals surface area (Å²) in [6.45, 7) is 8.80. The SMILES string of the molecule is COC(=O)/C=C/C1=CN(CCOC(C)=O)[C@H]2C[C@@H]1[C@H](C(=O)O[C@@H]1C[C@H](C)CC[C@H]1C(C)C)n1c2cc2ccccc21. The van der Waals surface area contributed by atoms with Gasteiger partial charge in [-0.2, -0.15) is 0 Å². The van der Waals surface area contributed by atoms with E-state index in [0.29, 0.717) is 30.7 Å². The number of ether oxygens (including phenoxy) is 3. The predicted octanol–water partition coefficient (Wildman–Crippen LogP) is 5.74. The Labute approximate surface area is 242 Å². The number of hydrogen-bond donors (Lipinski definition) is 0. The lowest BCUT2D eigenvalue weighted by molar-refractivity contribution is -0.162. The van der Waals surface area contributed by atoms with Crippen LogP contribution in [0.2, 0.25) is 0 Å². The number of hydrogen-bond acceptors (Lipinski definition) is 7. The van der Waals surface area contributed by atoms with Gasteiger partial charge < -0.3 is 23.7 Å². The average Bonchev–Trinajstić information content (AvgIpc) is 3.32. The van der Waals surface area contributed by atoms with E-state index >= 15 is 0 Å². The van der Waals surface area contributed by atoms with Gasteiger partial charge in [0.05, 0.1) is 19.7 Å². The number of benzene rings is 1. The number of carbonyl (C=O) groups is 3. The minimum atomic E-state index is -0.574. The molecule has 1 aliphatic carbocycles. The van der Waals surface area contributed by atoms with E-state index in [1.807, 2.05) is 18.3 Å². The molecule has 2 bridgehead atoms. The molecule has 2 aromatic rings. The van der Waals surface area contributed by atoms with Gasteiger partial charge in [-0.15, -0.1) is 0 Å². The maximum absolute atomic E-state index is 14.4. The third-order valence-corrected chi connectivity index (χ3v) is 9.14. The zero-order valence-electron chi connectivity index (χ0n) is 24.7. The molecule has 220 valence electrons. The maximum Gasteiger partial charge on any atom is 0.330 e. The topological polar surface area (TPSA) is 87.1 Å². The fourth-order valence-electron chi connectivity index (χ4n) is 7.09. The number of methoxy groups -OCH3 is 1. The number of aromatic nitrogens is 1. The van der Waals surface area contributed by atoms with Crippen molar-refractivity contribution in [3.63, 3.8) is 0 Å². The van der Waals surface area contributed by atoms with Crippen molar-refractivity contribution in [3.05, 3.63) is 60.0 Å². The van der Waals surface area contributed by atoms with Gasteiger partial charge in [0.25, 0.3) is 0 Å². The molecule has 0 amide bonds. The minimum Gasteiger partial charge on any atom is -0.466 e. The monoisotopic (exact) mass is 562 g/mol. The van der Waals surface area contributed by atoms with Crippen LogP contribution in [0.4, 0.5) is 0 Å². The van der Waals surface area contributed by atoms with Crippen molar-refractivity contribution in [2.24, 2.45) is 23.7 Å². The maximum atomic E-state index is 14.4. The molecule has 0 N–H and O–H groups in total. The first-order valence-corrected chi connectivity index (χ1v) is 14.8. The Morgan fingerprint density at radius 3 is 2.63 bits per heavy atom. The van der Waals surface area contributed by atoms with E-state index in [2.05, 4.69) is 48.4 Å². The fourth-order valence-corrected chi connectivity index (χ4v) is 7.09. The van der Waals surface area contributed by atoms with Crippen molar-refractivity contribution < 1.29 is 28.6 Å². The summed E-state index contributed by atoms with van der Waals surface area (Å²) in [6, 6.07) is 9.68. The van der Waals surface area contributed by atoms with E-state index in [1.165, 1.54) is 20.1 Å². The highest BCUT2D eigenvalue weighted by Crippen LogP contribution is 2.50. The highest BCUT2D eigenvalue weighted by atomic mass is 16.5. The van der Waals surface area contributed by atoms with Crippen molar-refractivity contribution in [2.45, 2.75) is 71.6 Å². The van der Waals surface area contributed by atoms with Crippen LogP contribution in [0.15, 0.2) is 54.3 Å². The van der Waals surface area contributed by atoms with Gasteiger partial charge in [0.2, 0.25) is 0 Å². The Kier molecular flexibility index (Phi) is 8.57. The molecule has 0 spiro atoms. The zero-order chi connectivity index (χ0) is 29.3. The molecular formula is C33H42N2O6. The molecule has 8 nitrogen and oxygen atoms in total. The minimum absolute atomic E-state index is 0.0274. The largest absolute Gasteiger partial charge is 0.466 e. The first-order valence-electron chi connectivity index (χ1n) is 14.8. The van der Waals surface area contributed by atoms with Crippen LogP contribution >= 0.6 is 0 Å². The molecule has 6 atom stereocenters. The molecule has 0 unspecified atom stereocenters. The van der Waals surface area contributed by atoms with Crippen LogP contribution < -0.4 is 0 Å². The highest BCUT2D eigenvalue weighted by Gasteiger charge is 2.47. The molecule has 1 saturated carbocycles. The molecule has 0 saturated heterocycles. The Balaban J connectivity index is 1.57. The number of carbonyl (C=O) groups excluding carboxylic acids is 3. The lowest BCUT2D eigenvalue weighted by Gasteiger charge is -2.47. The fraction of sp³-hybridized carbons (Fsp3) is 0.545. The van der Waals surface area contributed by atoms with Crippen molar-refractivity contribution in [3.8, 4) is 0 Å². The Bertz CT molecular complexity index is 1360. The lowest BCUT2D eigenvalue weighted by atomic mass is 9.75. The van der Waals surface area contributed by atoms with E-state index in [4.69, 9.17) is 14.2 Å². The highest BCUT2D eigenvalue weighted by molar-refractivity contribution is 5.86. The standard InChI is InChI=1S/C33H42N2O6/c1-20(2)25-12-10-21(3)16-30(25)41-33(38)32-26-18-28(29-17-23-8-6-7-9-27(23)35(29)32)34(14-15-40-22(4)36)19-24(26)11-13-31(37)39-5/h6-9,11,13,17,19-21,25-26,28,30,32H,10,12,14-16,18H2,1-5H3/b13-11+/t21-,25+,26+,28+,30-,32-/m1/s1. The quantitative estimate of drug-likeness (QED) is 0.230. The smallest absolute Gasteiger partial charge is 0.330 e. The molecule has 1 aromatic heterocycles. The number of allylic oxidation sites excluding steroid dienone is 2. The number of esters is 3. The van der Waals surface area contributed by atoms with Crippen LogP contribution in [-0.2, 0) is 28.6 Å². The van der Waals surface area contributed by atoms with Crippen LogP contribution in [0.25, 0.3) is 10.9 Å².